The predicted octanol–water partition coefficient (Wildman–Crippen LogP) is 7.86. The smallest absolute Gasteiger partial charge is 0.0972 e. The van der Waals surface area contributed by atoms with Crippen molar-refractivity contribution in [1.29, 1.82) is 0 Å². The Labute approximate surface area is 191 Å². The van der Waals surface area contributed by atoms with Crippen molar-refractivity contribution in [3.05, 3.63) is 130 Å². The molecule has 0 heterocycles. The van der Waals surface area contributed by atoms with Crippen molar-refractivity contribution >= 4 is 22.8 Å². The van der Waals surface area contributed by atoms with Crippen LogP contribution in [-0.2, 0) is 0 Å². The van der Waals surface area contributed by atoms with Gasteiger partial charge in [-0.2, -0.15) is 0 Å². The quantitative estimate of drug-likeness (QED) is 0.296. The predicted molar refractivity (Wildman–Crippen MR) is 137 cm³/mol. The summed E-state index contributed by atoms with van der Waals surface area (Å²) >= 11 is 0. The molecule has 0 bridgehead atoms. The monoisotopic (exact) mass is 416 g/mol. The van der Waals surface area contributed by atoms with Gasteiger partial charge < -0.3 is 0 Å². The van der Waals surface area contributed by atoms with E-state index in [2.05, 4.69) is 113 Å². The summed E-state index contributed by atoms with van der Waals surface area (Å²) in [5.74, 6) is 0. The molecule has 2 nitrogen and oxygen atoms in total. The Hall–Kier alpha value is -3.78. The van der Waals surface area contributed by atoms with Crippen LogP contribution in [-0.4, -0.2) is 11.4 Å². The van der Waals surface area contributed by atoms with Gasteiger partial charge in [-0.05, 0) is 62.1 Å². The molecule has 0 aromatic heterocycles. The molecule has 0 amide bonds. The van der Waals surface area contributed by atoms with Crippen LogP contribution < -0.4 is 0 Å². The zero-order chi connectivity index (χ0) is 22.5. The van der Waals surface area contributed by atoms with Crippen molar-refractivity contribution < 1.29 is 0 Å². The van der Waals surface area contributed by atoms with Crippen molar-refractivity contribution in [2.24, 2.45) is 9.98 Å². The maximum atomic E-state index is 5.20. The van der Waals surface area contributed by atoms with Crippen LogP contribution in [0.1, 0.15) is 33.4 Å². The van der Waals surface area contributed by atoms with E-state index in [0.29, 0.717) is 0 Å². The molecule has 0 saturated carbocycles. The van der Waals surface area contributed by atoms with E-state index in [1.54, 1.807) is 0 Å². The molecule has 0 atom stereocenters. The zero-order valence-electron chi connectivity index (χ0n) is 19.1. The van der Waals surface area contributed by atoms with Crippen LogP contribution in [0.25, 0.3) is 0 Å². The SMILES string of the molecule is Cc1ccc(C)c(N=C(C(=Nc2cc(C)ccc2C)c2ccccc2)c2ccccc2)c1. The van der Waals surface area contributed by atoms with Crippen molar-refractivity contribution in [3.8, 4) is 0 Å². The van der Waals surface area contributed by atoms with Crippen LogP contribution in [0.15, 0.2) is 107 Å². The average Bonchev–Trinajstić information content (AvgIpc) is 2.81. The van der Waals surface area contributed by atoms with Gasteiger partial charge >= 0.3 is 0 Å². The first kappa shape index (κ1) is 21.5. The standard InChI is InChI=1S/C30H28N2/c1-21-15-17-23(3)27(19-21)31-29(25-11-7-5-8-12-25)30(26-13-9-6-10-14-26)32-28-20-22(2)16-18-24(28)4/h5-20H,1-4H3. The first-order chi connectivity index (χ1) is 15.5. The van der Waals surface area contributed by atoms with Gasteiger partial charge in [0.05, 0.1) is 22.8 Å². The second-order valence-electron chi connectivity index (χ2n) is 8.23. The molecular formula is C30H28N2. The van der Waals surface area contributed by atoms with Crippen LogP contribution in [0.2, 0.25) is 0 Å². The molecule has 4 aromatic rings. The van der Waals surface area contributed by atoms with Crippen LogP contribution in [0, 0.1) is 27.7 Å². The molecule has 0 unspecified atom stereocenters. The first-order valence-electron chi connectivity index (χ1n) is 10.9. The van der Waals surface area contributed by atoms with Gasteiger partial charge in [-0.3, -0.25) is 0 Å². The molecule has 0 N–H and O–H groups in total. The lowest BCUT2D eigenvalue weighted by molar-refractivity contribution is 1.34. The van der Waals surface area contributed by atoms with Crippen LogP contribution in [0.5, 0.6) is 0 Å². The molecule has 4 rings (SSSR count). The molecule has 0 radical (unpaired) electrons. The van der Waals surface area contributed by atoms with E-state index in [1.807, 2.05) is 12.1 Å². The van der Waals surface area contributed by atoms with E-state index >= 15 is 0 Å². The molecule has 4 aromatic carbocycles. The van der Waals surface area contributed by atoms with E-state index in [4.69, 9.17) is 9.98 Å². The van der Waals surface area contributed by atoms with Gasteiger partial charge in [0.25, 0.3) is 0 Å². The number of benzene rings is 4. The third-order valence-electron chi connectivity index (χ3n) is 5.51. The van der Waals surface area contributed by atoms with Crippen molar-refractivity contribution in [3.63, 3.8) is 0 Å². The first-order valence-corrected chi connectivity index (χ1v) is 10.9. The second-order valence-corrected chi connectivity index (χ2v) is 8.23. The molecule has 2 heteroatoms. The highest BCUT2D eigenvalue weighted by Crippen LogP contribution is 2.26. The summed E-state index contributed by atoms with van der Waals surface area (Å²) in [6.45, 7) is 8.40. The fourth-order valence-electron chi connectivity index (χ4n) is 3.62. The van der Waals surface area contributed by atoms with Crippen molar-refractivity contribution in [2.75, 3.05) is 0 Å². The maximum absolute atomic E-state index is 5.20. The molecule has 0 spiro atoms. The van der Waals surface area contributed by atoms with E-state index in [-0.39, 0.29) is 0 Å². The van der Waals surface area contributed by atoms with Gasteiger partial charge in [0, 0.05) is 11.1 Å². The van der Waals surface area contributed by atoms with Gasteiger partial charge in [-0.15, -0.1) is 0 Å². The molecule has 0 aliphatic rings. The van der Waals surface area contributed by atoms with Gasteiger partial charge in [0.1, 0.15) is 0 Å². The maximum Gasteiger partial charge on any atom is 0.0972 e. The lowest BCUT2D eigenvalue weighted by Gasteiger charge is -2.14. The summed E-state index contributed by atoms with van der Waals surface area (Å²) in [5.41, 5.74) is 10.4. The Kier molecular flexibility index (Phi) is 6.42. The molecule has 32 heavy (non-hydrogen) atoms. The summed E-state index contributed by atoms with van der Waals surface area (Å²) in [6, 6.07) is 33.4. The molecule has 158 valence electrons. The fourth-order valence-corrected chi connectivity index (χ4v) is 3.62. The fraction of sp³-hybridized carbons (Fsp3) is 0.133. The topological polar surface area (TPSA) is 24.7 Å². The van der Waals surface area contributed by atoms with E-state index in [1.165, 1.54) is 11.1 Å². The summed E-state index contributed by atoms with van der Waals surface area (Å²) in [5, 5.41) is 0. The van der Waals surface area contributed by atoms with Gasteiger partial charge in [-0.25, -0.2) is 9.98 Å². The lowest BCUT2D eigenvalue weighted by atomic mass is 9.98. The number of aryl methyl sites for hydroxylation is 4. The molecule has 0 fully saturated rings. The van der Waals surface area contributed by atoms with Gasteiger partial charge in [-0.1, -0.05) is 84.9 Å². The van der Waals surface area contributed by atoms with Crippen molar-refractivity contribution in [2.45, 2.75) is 27.7 Å². The Bertz CT molecular complexity index is 1180. The highest BCUT2D eigenvalue weighted by atomic mass is 14.8. The Morgan fingerprint density at radius 1 is 0.469 bits per heavy atom. The van der Waals surface area contributed by atoms with E-state index < -0.39 is 0 Å². The Morgan fingerprint density at radius 3 is 1.22 bits per heavy atom. The minimum Gasteiger partial charge on any atom is -0.246 e. The normalized spacial score (nSPS) is 12.1. The van der Waals surface area contributed by atoms with Crippen molar-refractivity contribution in [1.82, 2.24) is 0 Å². The minimum absolute atomic E-state index is 0.867. The van der Waals surface area contributed by atoms with E-state index in [9.17, 15) is 0 Å². The largest absolute Gasteiger partial charge is 0.246 e. The molecular weight excluding hydrogens is 388 g/mol. The molecule has 0 saturated heterocycles. The number of hydrogen-bond donors (Lipinski definition) is 0. The zero-order valence-corrected chi connectivity index (χ0v) is 19.1. The highest BCUT2D eigenvalue weighted by Gasteiger charge is 2.16. The van der Waals surface area contributed by atoms with Crippen LogP contribution in [0.4, 0.5) is 11.4 Å². The summed E-state index contributed by atoms with van der Waals surface area (Å²) in [4.78, 5) is 10.4. The lowest BCUT2D eigenvalue weighted by Crippen LogP contribution is -2.17. The third kappa shape index (κ3) is 4.92. The highest BCUT2D eigenvalue weighted by molar-refractivity contribution is 6.54. The van der Waals surface area contributed by atoms with Gasteiger partial charge in [0.2, 0.25) is 0 Å². The van der Waals surface area contributed by atoms with Crippen LogP contribution in [0.3, 0.4) is 0 Å². The number of nitrogens with zero attached hydrogens (tertiary/aromatic N) is 2. The molecule has 0 aliphatic heterocycles. The summed E-state index contributed by atoms with van der Waals surface area (Å²) in [7, 11) is 0. The molecule has 0 aliphatic carbocycles. The average molecular weight is 417 g/mol. The van der Waals surface area contributed by atoms with E-state index in [0.717, 1.165) is 45.1 Å². The second kappa shape index (κ2) is 9.57. The van der Waals surface area contributed by atoms with Crippen LogP contribution >= 0.6 is 0 Å². The minimum atomic E-state index is 0.867. The number of aliphatic imine (C=N–C) groups is 2. The number of rotatable bonds is 5. The Balaban J connectivity index is 2.02. The van der Waals surface area contributed by atoms with Gasteiger partial charge in [0.15, 0.2) is 0 Å². The Morgan fingerprint density at radius 2 is 0.844 bits per heavy atom. The third-order valence-corrected chi connectivity index (χ3v) is 5.51. The summed E-state index contributed by atoms with van der Waals surface area (Å²) < 4.78 is 0. The number of hydrogen-bond acceptors (Lipinski definition) is 2. The summed E-state index contributed by atoms with van der Waals surface area (Å²) in [6.07, 6.45) is 0.